The van der Waals surface area contributed by atoms with Crippen LogP contribution in [0.1, 0.15) is 36.9 Å². The van der Waals surface area contributed by atoms with E-state index < -0.39 is 0 Å². The molecule has 27 heavy (non-hydrogen) atoms. The van der Waals surface area contributed by atoms with Crippen molar-refractivity contribution in [2.75, 3.05) is 11.9 Å². The second kappa shape index (κ2) is 7.22. The standard InChI is InChI=1S/C19H22N6O2/c1-13-12-16(24(2)22-13)20-19(26)25-11-7-6-10-15(25)18-21-17(23-27-18)14-8-4-3-5-9-14/h3-5,8-9,12,15H,6-7,10-11H2,1-2H3,(H,20,26). The van der Waals surface area contributed by atoms with Crippen molar-refractivity contribution in [3.05, 3.63) is 48.0 Å². The third kappa shape index (κ3) is 3.55. The van der Waals surface area contributed by atoms with Crippen molar-refractivity contribution in [2.24, 2.45) is 7.05 Å². The molecule has 1 saturated heterocycles. The molecule has 3 aromatic rings. The molecular formula is C19H22N6O2. The van der Waals surface area contributed by atoms with E-state index in [1.54, 1.807) is 16.6 Å². The van der Waals surface area contributed by atoms with Crippen molar-refractivity contribution in [3.8, 4) is 11.4 Å². The molecule has 2 amide bonds. The minimum absolute atomic E-state index is 0.179. The lowest BCUT2D eigenvalue weighted by molar-refractivity contribution is 0.142. The van der Waals surface area contributed by atoms with E-state index in [4.69, 9.17) is 4.52 Å². The highest BCUT2D eigenvalue weighted by molar-refractivity contribution is 5.88. The summed E-state index contributed by atoms with van der Waals surface area (Å²) in [4.78, 5) is 19.2. The van der Waals surface area contributed by atoms with E-state index >= 15 is 0 Å². The van der Waals surface area contributed by atoms with Crippen molar-refractivity contribution in [3.63, 3.8) is 0 Å². The Labute approximate surface area is 157 Å². The number of hydrogen-bond acceptors (Lipinski definition) is 5. The number of hydrogen-bond donors (Lipinski definition) is 1. The maximum Gasteiger partial charge on any atom is 0.323 e. The second-order valence-corrected chi connectivity index (χ2v) is 6.75. The summed E-state index contributed by atoms with van der Waals surface area (Å²) < 4.78 is 7.18. The molecule has 1 aliphatic heterocycles. The monoisotopic (exact) mass is 366 g/mol. The smallest absolute Gasteiger partial charge is 0.323 e. The van der Waals surface area contributed by atoms with E-state index in [9.17, 15) is 4.79 Å². The predicted molar refractivity (Wildman–Crippen MR) is 100.0 cm³/mol. The number of urea groups is 1. The maximum absolute atomic E-state index is 12.9. The molecule has 1 aromatic carbocycles. The van der Waals surface area contributed by atoms with Crippen LogP contribution in [0.25, 0.3) is 11.4 Å². The highest BCUT2D eigenvalue weighted by atomic mass is 16.5. The molecule has 140 valence electrons. The average molecular weight is 366 g/mol. The Morgan fingerprint density at radius 2 is 2.07 bits per heavy atom. The van der Waals surface area contributed by atoms with Crippen LogP contribution in [0.2, 0.25) is 0 Å². The van der Waals surface area contributed by atoms with E-state index in [-0.39, 0.29) is 12.1 Å². The van der Waals surface area contributed by atoms with Crippen LogP contribution in [0.5, 0.6) is 0 Å². The summed E-state index contributed by atoms with van der Waals surface area (Å²) in [7, 11) is 1.81. The Hall–Kier alpha value is -3.16. The highest BCUT2D eigenvalue weighted by Crippen LogP contribution is 2.31. The van der Waals surface area contributed by atoms with Crippen LogP contribution >= 0.6 is 0 Å². The molecule has 1 N–H and O–H groups in total. The van der Waals surface area contributed by atoms with Crippen LogP contribution in [-0.2, 0) is 7.05 Å². The quantitative estimate of drug-likeness (QED) is 0.766. The normalized spacial score (nSPS) is 17.1. The maximum atomic E-state index is 12.9. The zero-order valence-corrected chi connectivity index (χ0v) is 15.4. The van der Waals surface area contributed by atoms with Gasteiger partial charge in [-0.05, 0) is 26.2 Å². The van der Waals surface area contributed by atoms with Gasteiger partial charge < -0.3 is 9.42 Å². The first-order chi connectivity index (χ1) is 13.1. The molecule has 1 atom stereocenters. The molecule has 1 aliphatic rings. The number of anilines is 1. The first kappa shape index (κ1) is 17.3. The molecule has 1 fully saturated rings. The molecule has 8 heteroatoms. The fourth-order valence-electron chi connectivity index (χ4n) is 3.42. The molecule has 0 aliphatic carbocycles. The van der Waals surface area contributed by atoms with E-state index in [1.165, 1.54) is 0 Å². The largest absolute Gasteiger partial charge is 0.337 e. The number of likely N-dealkylation sites (tertiary alicyclic amines) is 1. The number of nitrogens with one attached hydrogen (secondary N) is 1. The Kier molecular flexibility index (Phi) is 4.62. The van der Waals surface area contributed by atoms with Gasteiger partial charge >= 0.3 is 6.03 Å². The van der Waals surface area contributed by atoms with Crippen molar-refractivity contribution in [2.45, 2.75) is 32.2 Å². The molecule has 0 bridgehead atoms. The Morgan fingerprint density at radius 3 is 2.81 bits per heavy atom. The highest BCUT2D eigenvalue weighted by Gasteiger charge is 2.32. The summed E-state index contributed by atoms with van der Waals surface area (Å²) >= 11 is 0. The fraction of sp³-hybridized carbons (Fsp3) is 0.368. The lowest BCUT2D eigenvalue weighted by Crippen LogP contribution is -2.41. The number of rotatable bonds is 3. The molecule has 8 nitrogen and oxygen atoms in total. The number of amides is 2. The molecule has 1 unspecified atom stereocenters. The lowest BCUT2D eigenvalue weighted by atomic mass is 10.0. The van der Waals surface area contributed by atoms with Gasteiger partial charge in [0.2, 0.25) is 11.7 Å². The molecule has 2 aromatic heterocycles. The summed E-state index contributed by atoms with van der Waals surface area (Å²) in [5.74, 6) is 1.68. The fourth-order valence-corrected chi connectivity index (χ4v) is 3.42. The molecule has 0 radical (unpaired) electrons. The van der Waals surface area contributed by atoms with Crippen molar-refractivity contribution >= 4 is 11.8 Å². The van der Waals surface area contributed by atoms with Gasteiger partial charge in [-0.1, -0.05) is 35.5 Å². The number of aromatic nitrogens is 4. The first-order valence-corrected chi connectivity index (χ1v) is 9.09. The van der Waals surface area contributed by atoms with Crippen LogP contribution in [-0.4, -0.2) is 37.4 Å². The van der Waals surface area contributed by atoms with Gasteiger partial charge in [-0.15, -0.1) is 0 Å². The number of aryl methyl sites for hydroxylation is 2. The summed E-state index contributed by atoms with van der Waals surface area (Å²) in [6.07, 6.45) is 2.77. The molecule has 3 heterocycles. The first-order valence-electron chi connectivity index (χ1n) is 9.09. The molecule has 0 spiro atoms. The topological polar surface area (TPSA) is 89.1 Å². The Balaban J connectivity index is 1.55. The van der Waals surface area contributed by atoms with Crippen molar-refractivity contribution in [1.82, 2.24) is 24.8 Å². The van der Waals surface area contributed by atoms with Crippen LogP contribution in [0.15, 0.2) is 40.9 Å². The summed E-state index contributed by atoms with van der Waals surface area (Å²) in [6.45, 7) is 2.54. The van der Waals surface area contributed by atoms with Gasteiger partial charge in [0.1, 0.15) is 11.9 Å². The van der Waals surface area contributed by atoms with Crippen molar-refractivity contribution in [1.29, 1.82) is 0 Å². The van der Waals surface area contributed by atoms with Gasteiger partial charge in [-0.25, -0.2) is 4.79 Å². The van der Waals surface area contributed by atoms with Crippen molar-refractivity contribution < 1.29 is 9.32 Å². The predicted octanol–water partition coefficient (Wildman–Crippen LogP) is 3.54. The van der Waals surface area contributed by atoms with E-state index in [2.05, 4.69) is 20.6 Å². The second-order valence-electron chi connectivity index (χ2n) is 6.75. The number of nitrogens with zero attached hydrogens (tertiary/aromatic N) is 5. The summed E-state index contributed by atoms with van der Waals surface area (Å²) in [6, 6.07) is 11.1. The zero-order valence-electron chi connectivity index (χ0n) is 15.4. The third-order valence-corrected chi connectivity index (χ3v) is 4.76. The average Bonchev–Trinajstić information content (AvgIpc) is 3.29. The van der Waals surface area contributed by atoms with Gasteiger partial charge in [0.05, 0.1) is 5.69 Å². The van der Waals surface area contributed by atoms with Gasteiger partial charge in [-0.2, -0.15) is 10.1 Å². The van der Waals surface area contributed by atoms with E-state index in [1.807, 2.05) is 43.3 Å². The van der Waals surface area contributed by atoms with Gasteiger partial charge in [0.25, 0.3) is 0 Å². The lowest BCUT2D eigenvalue weighted by Gasteiger charge is -2.33. The zero-order chi connectivity index (χ0) is 18.8. The van der Waals surface area contributed by atoms with Crippen LogP contribution in [0, 0.1) is 6.92 Å². The van der Waals surface area contributed by atoms with E-state index in [0.29, 0.717) is 24.1 Å². The number of benzene rings is 1. The molecule has 0 saturated carbocycles. The van der Waals surface area contributed by atoms with Crippen LogP contribution in [0.3, 0.4) is 0 Å². The Morgan fingerprint density at radius 1 is 1.26 bits per heavy atom. The molecule has 4 rings (SSSR count). The third-order valence-electron chi connectivity index (χ3n) is 4.76. The minimum atomic E-state index is -0.224. The van der Waals surface area contributed by atoms with Gasteiger partial charge in [0.15, 0.2) is 0 Å². The van der Waals surface area contributed by atoms with Gasteiger partial charge in [0, 0.05) is 25.2 Å². The van der Waals surface area contributed by atoms with E-state index in [0.717, 1.165) is 30.5 Å². The number of carbonyl (C=O) groups excluding carboxylic acids is 1. The summed E-state index contributed by atoms with van der Waals surface area (Å²) in [5, 5.41) is 11.3. The summed E-state index contributed by atoms with van der Waals surface area (Å²) in [5.41, 5.74) is 1.75. The van der Waals surface area contributed by atoms with Gasteiger partial charge in [-0.3, -0.25) is 10.00 Å². The Bertz CT molecular complexity index is 933. The number of piperidine rings is 1. The van der Waals surface area contributed by atoms with Crippen LogP contribution < -0.4 is 5.32 Å². The number of carbonyl (C=O) groups is 1. The SMILES string of the molecule is Cc1cc(NC(=O)N2CCCCC2c2nc(-c3ccccc3)no2)n(C)n1. The minimum Gasteiger partial charge on any atom is -0.337 e. The molecular weight excluding hydrogens is 344 g/mol. The van der Waals surface area contributed by atoms with Crippen LogP contribution in [0.4, 0.5) is 10.6 Å².